The molecule has 0 aliphatic carbocycles. The van der Waals surface area contributed by atoms with Crippen molar-refractivity contribution >= 4 is 11.6 Å². The van der Waals surface area contributed by atoms with Gasteiger partial charge in [0.05, 0.1) is 7.11 Å². The summed E-state index contributed by atoms with van der Waals surface area (Å²) in [5, 5.41) is 0. The second-order valence-electron chi connectivity index (χ2n) is 2.78. The Bertz CT molecular complexity index is 538. The van der Waals surface area contributed by atoms with Gasteiger partial charge >= 0.3 is 5.97 Å². The van der Waals surface area contributed by atoms with Crippen LogP contribution in [0.1, 0.15) is 10.5 Å². The van der Waals surface area contributed by atoms with Gasteiger partial charge in [0.1, 0.15) is 11.3 Å². The number of aromatic nitrogens is 2. The molecule has 2 aromatic rings. The molecule has 2 heterocycles. The fourth-order valence-electron chi connectivity index (χ4n) is 1.31. The van der Waals surface area contributed by atoms with Crippen LogP contribution in [-0.2, 0) is 4.74 Å². The number of fused-ring (bicyclic) bond motifs is 1. The molecule has 0 spiro atoms. The fraction of sp³-hybridized carbons (Fsp3) is 0.111. The van der Waals surface area contributed by atoms with Gasteiger partial charge in [0.2, 0.25) is 0 Å². The van der Waals surface area contributed by atoms with Gasteiger partial charge in [0.25, 0.3) is 0 Å². The fourth-order valence-corrected chi connectivity index (χ4v) is 1.31. The first-order chi connectivity index (χ1) is 6.72. The zero-order valence-corrected chi connectivity index (χ0v) is 7.48. The minimum Gasteiger partial charge on any atom is -0.464 e. The van der Waals surface area contributed by atoms with Gasteiger partial charge in [-0.2, -0.15) is 0 Å². The third kappa shape index (κ3) is 1.19. The lowest BCUT2D eigenvalue weighted by atomic mass is 10.3. The van der Waals surface area contributed by atoms with Gasteiger partial charge in [-0.1, -0.05) is 0 Å². The monoisotopic (exact) mass is 192 g/mol. The van der Waals surface area contributed by atoms with Crippen molar-refractivity contribution in [2.24, 2.45) is 0 Å². The van der Waals surface area contributed by atoms with Crippen molar-refractivity contribution in [1.29, 1.82) is 0 Å². The number of nitrogens with one attached hydrogen (secondary N) is 1. The number of H-pyrrole nitrogens is 1. The maximum Gasteiger partial charge on any atom is 0.355 e. The standard InChI is InChI=1S/C9H8N2O3/c1-14-9(13)7-4-6(12)5-8-10-2-3-11(7)8/h2-5,10H,1H3. The molecule has 0 atom stereocenters. The molecule has 0 aliphatic heterocycles. The lowest BCUT2D eigenvalue weighted by Gasteiger charge is -2.01. The minimum atomic E-state index is -0.530. The summed E-state index contributed by atoms with van der Waals surface area (Å²) >= 11 is 0. The SMILES string of the molecule is COC(=O)c1cc(=O)cc2[nH]ccn12. The van der Waals surface area contributed by atoms with Gasteiger partial charge in [0, 0.05) is 24.5 Å². The van der Waals surface area contributed by atoms with Crippen molar-refractivity contribution in [1.82, 2.24) is 9.38 Å². The van der Waals surface area contributed by atoms with E-state index in [9.17, 15) is 9.59 Å². The van der Waals surface area contributed by atoms with Crippen LogP contribution in [0.2, 0.25) is 0 Å². The summed E-state index contributed by atoms with van der Waals surface area (Å²) in [7, 11) is 1.28. The molecule has 0 radical (unpaired) electrons. The summed E-state index contributed by atoms with van der Waals surface area (Å²) in [6.45, 7) is 0. The summed E-state index contributed by atoms with van der Waals surface area (Å²) in [4.78, 5) is 25.3. The highest BCUT2D eigenvalue weighted by molar-refractivity contribution is 5.88. The predicted octanol–water partition coefficient (Wildman–Crippen LogP) is 0.414. The lowest BCUT2D eigenvalue weighted by Crippen LogP contribution is -2.12. The van der Waals surface area contributed by atoms with Crippen molar-refractivity contribution < 1.29 is 9.53 Å². The van der Waals surface area contributed by atoms with Crippen LogP contribution >= 0.6 is 0 Å². The van der Waals surface area contributed by atoms with Crippen LogP contribution in [0.25, 0.3) is 5.65 Å². The molecule has 2 rings (SSSR count). The summed E-state index contributed by atoms with van der Waals surface area (Å²) in [5.41, 5.74) is 0.557. The maximum absolute atomic E-state index is 11.3. The van der Waals surface area contributed by atoms with E-state index in [1.165, 1.54) is 19.2 Å². The van der Waals surface area contributed by atoms with E-state index in [0.717, 1.165) is 0 Å². The number of imidazole rings is 1. The molecule has 14 heavy (non-hydrogen) atoms. The Balaban J connectivity index is 2.79. The summed E-state index contributed by atoms with van der Waals surface area (Å²) in [5.74, 6) is -0.530. The highest BCUT2D eigenvalue weighted by Crippen LogP contribution is 2.03. The van der Waals surface area contributed by atoms with Gasteiger partial charge in [-0.25, -0.2) is 4.79 Å². The Labute approximate surface area is 78.9 Å². The average Bonchev–Trinajstić information content (AvgIpc) is 2.62. The summed E-state index contributed by atoms with van der Waals surface area (Å²) < 4.78 is 6.12. The molecule has 0 aromatic carbocycles. The maximum atomic E-state index is 11.3. The van der Waals surface area contributed by atoms with Gasteiger partial charge in [0.15, 0.2) is 5.43 Å². The van der Waals surface area contributed by atoms with Crippen LogP contribution in [0.5, 0.6) is 0 Å². The number of rotatable bonds is 1. The highest BCUT2D eigenvalue weighted by Gasteiger charge is 2.10. The van der Waals surface area contributed by atoms with Crippen LogP contribution in [0.3, 0.4) is 0 Å². The number of ether oxygens (including phenoxy) is 1. The Morgan fingerprint density at radius 2 is 2.29 bits per heavy atom. The molecule has 0 saturated carbocycles. The lowest BCUT2D eigenvalue weighted by molar-refractivity contribution is 0.0592. The van der Waals surface area contributed by atoms with E-state index in [1.807, 2.05) is 0 Å². The van der Waals surface area contributed by atoms with Crippen molar-refractivity contribution in [3.8, 4) is 0 Å². The number of esters is 1. The second-order valence-corrected chi connectivity index (χ2v) is 2.78. The molecule has 5 heteroatoms. The molecule has 0 saturated heterocycles. The third-order valence-electron chi connectivity index (χ3n) is 1.93. The first kappa shape index (κ1) is 8.55. The van der Waals surface area contributed by atoms with E-state index in [4.69, 9.17) is 0 Å². The molecular formula is C9H8N2O3. The Kier molecular flexibility index (Phi) is 1.85. The normalized spacial score (nSPS) is 10.4. The number of hydrogen-bond donors (Lipinski definition) is 1. The molecule has 2 aromatic heterocycles. The van der Waals surface area contributed by atoms with Crippen LogP contribution in [0.4, 0.5) is 0 Å². The molecular weight excluding hydrogens is 184 g/mol. The van der Waals surface area contributed by atoms with E-state index in [2.05, 4.69) is 9.72 Å². The number of aromatic amines is 1. The summed E-state index contributed by atoms with van der Waals surface area (Å²) in [6, 6.07) is 2.65. The quantitative estimate of drug-likeness (QED) is 0.666. The number of carbonyl (C=O) groups excluding carboxylic acids is 1. The Morgan fingerprint density at radius 3 is 3.00 bits per heavy atom. The first-order valence-electron chi connectivity index (χ1n) is 4.00. The van der Waals surface area contributed by atoms with Crippen molar-refractivity contribution in [3.05, 3.63) is 40.4 Å². The molecule has 0 bridgehead atoms. The largest absolute Gasteiger partial charge is 0.464 e. The Morgan fingerprint density at radius 1 is 1.50 bits per heavy atom. The van der Waals surface area contributed by atoms with E-state index >= 15 is 0 Å². The van der Waals surface area contributed by atoms with Gasteiger partial charge < -0.3 is 9.72 Å². The molecule has 0 aliphatic rings. The molecule has 0 amide bonds. The van der Waals surface area contributed by atoms with Crippen LogP contribution < -0.4 is 5.43 Å². The minimum absolute atomic E-state index is 0.219. The average molecular weight is 192 g/mol. The van der Waals surface area contributed by atoms with E-state index in [-0.39, 0.29) is 11.1 Å². The highest BCUT2D eigenvalue weighted by atomic mass is 16.5. The van der Waals surface area contributed by atoms with Crippen LogP contribution in [0, 0.1) is 0 Å². The second kappa shape index (κ2) is 3.02. The topological polar surface area (TPSA) is 63.6 Å². The zero-order chi connectivity index (χ0) is 10.1. The van der Waals surface area contributed by atoms with E-state index in [1.54, 1.807) is 16.8 Å². The van der Waals surface area contributed by atoms with Crippen molar-refractivity contribution in [2.45, 2.75) is 0 Å². The summed E-state index contributed by atoms with van der Waals surface area (Å²) in [6.07, 6.45) is 3.29. The van der Waals surface area contributed by atoms with Gasteiger partial charge in [-0.3, -0.25) is 9.20 Å². The molecule has 72 valence electrons. The Hall–Kier alpha value is -2.04. The molecule has 0 fully saturated rings. The number of carbonyl (C=O) groups is 1. The van der Waals surface area contributed by atoms with Crippen LogP contribution in [-0.4, -0.2) is 22.5 Å². The molecule has 0 unspecified atom stereocenters. The van der Waals surface area contributed by atoms with Gasteiger partial charge in [-0.05, 0) is 0 Å². The predicted molar refractivity (Wildman–Crippen MR) is 49.4 cm³/mol. The van der Waals surface area contributed by atoms with E-state index < -0.39 is 5.97 Å². The van der Waals surface area contributed by atoms with Crippen LogP contribution in [0.15, 0.2) is 29.3 Å². The third-order valence-corrected chi connectivity index (χ3v) is 1.93. The smallest absolute Gasteiger partial charge is 0.355 e. The van der Waals surface area contributed by atoms with Crippen molar-refractivity contribution in [3.63, 3.8) is 0 Å². The first-order valence-corrected chi connectivity index (χ1v) is 4.00. The molecule has 1 N–H and O–H groups in total. The number of hydrogen-bond acceptors (Lipinski definition) is 3. The van der Waals surface area contributed by atoms with Gasteiger partial charge in [-0.15, -0.1) is 0 Å². The van der Waals surface area contributed by atoms with E-state index in [0.29, 0.717) is 5.65 Å². The number of pyridine rings is 1. The van der Waals surface area contributed by atoms with Crippen molar-refractivity contribution in [2.75, 3.05) is 7.11 Å². The number of nitrogens with zero attached hydrogens (tertiary/aromatic N) is 1. The zero-order valence-electron chi connectivity index (χ0n) is 7.48. The molecule has 5 nitrogen and oxygen atoms in total. The number of methoxy groups -OCH3 is 1.